The molecule has 2 saturated heterocycles. The molecule has 0 aromatic rings. The summed E-state index contributed by atoms with van der Waals surface area (Å²) < 4.78 is 27.0. The number of rotatable bonds is 14. The van der Waals surface area contributed by atoms with Gasteiger partial charge in [-0.25, -0.2) is 4.79 Å². The average Bonchev–Trinajstić information content (AvgIpc) is 3.93. The van der Waals surface area contributed by atoms with E-state index < -0.39 is 33.9 Å². The van der Waals surface area contributed by atoms with Crippen LogP contribution in [0, 0.1) is 63.1 Å². The maximum atomic E-state index is 12.6. The molecule has 2 amide bonds. The molecule has 5 unspecified atom stereocenters. The summed E-state index contributed by atoms with van der Waals surface area (Å²) in [6.07, 6.45) is 18.9. The van der Waals surface area contributed by atoms with Crippen LogP contribution < -0.4 is 0 Å². The Morgan fingerprint density at radius 2 is 1.01 bits per heavy atom. The van der Waals surface area contributed by atoms with E-state index in [4.69, 9.17) is 23.7 Å². The third-order valence-corrected chi connectivity index (χ3v) is 19.5. The van der Waals surface area contributed by atoms with Crippen LogP contribution in [0.5, 0.6) is 0 Å². The molecule has 11 fully saturated rings. The molecule has 2 aliphatic heterocycles. The van der Waals surface area contributed by atoms with E-state index in [0.717, 1.165) is 76.0 Å². The van der Waals surface area contributed by atoms with Crippen LogP contribution >= 0.6 is 0 Å². The average molecular weight is 1140 g/mol. The number of carbonyl (C=O) groups is 7. The summed E-state index contributed by atoms with van der Waals surface area (Å²) in [6.45, 7) is 25.3. The van der Waals surface area contributed by atoms with Gasteiger partial charge in [-0.2, -0.15) is 0 Å². The van der Waals surface area contributed by atoms with E-state index in [1.807, 2.05) is 48.5 Å². The molecule has 0 aromatic carbocycles. The smallest absolute Gasteiger partial charge is 0.347 e. The largest absolute Gasteiger partial charge is 0.463 e. The summed E-state index contributed by atoms with van der Waals surface area (Å²) in [5, 5.41) is 10.6. The van der Waals surface area contributed by atoms with E-state index in [-0.39, 0.29) is 130 Å². The van der Waals surface area contributed by atoms with Gasteiger partial charge in [0.05, 0.1) is 45.8 Å². The van der Waals surface area contributed by atoms with Gasteiger partial charge in [-0.1, -0.05) is 100 Å². The minimum atomic E-state index is -0.687. The molecule has 0 aromatic heterocycles. The fraction of sp³-hybridized carbons (Fsp3) is 0.894. The molecule has 472 valence electrons. The van der Waals surface area contributed by atoms with E-state index in [2.05, 4.69) is 13.8 Å². The first-order valence-corrected chi connectivity index (χ1v) is 28.1. The normalized spacial score (nSPS) is 31.2. The number of carbonyl (C=O) groups excluding carboxylic acids is 7. The van der Waals surface area contributed by atoms with Crippen molar-refractivity contribution in [2.24, 2.45) is 63.1 Å². The summed E-state index contributed by atoms with van der Waals surface area (Å²) in [7, 11) is 0. The van der Waals surface area contributed by atoms with Gasteiger partial charge in [0.15, 0.2) is 6.61 Å². The summed E-state index contributed by atoms with van der Waals surface area (Å²) >= 11 is 0. The first kappa shape index (κ1) is 80.7. The van der Waals surface area contributed by atoms with Crippen molar-refractivity contribution in [3.05, 3.63) is 0 Å². The van der Waals surface area contributed by atoms with Gasteiger partial charge in [0, 0.05) is 12.8 Å². The quantitative estimate of drug-likeness (QED) is 0.0983. The minimum absolute atomic E-state index is 0. The number of ether oxygens (including phenoxy) is 5. The van der Waals surface area contributed by atoms with Gasteiger partial charge in [-0.3, -0.25) is 33.7 Å². The predicted octanol–water partition coefficient (Wildman–Crippen LogP) is 15.5. The van der Waals surface area contributed by atoms with Crippen molar-refractivity contribution < 1.29 is 62.4 Å². The van der Waals surface area contributed by atoms with Gasteiger partial charge in [-0.15, -0.1) is 0 Å². The van der Waals surface area contributed by atoms with Crippen LogP contribution in [0.1, 0.15) is 278 Å². The molecule has 5 atom stereocenters. The number of fused-ring (bicyclic) bond motifs is 1. The molecular weight excluding hydrogens is 1010 g/mol. The number of nitrogens with zero attached hydrogens (tertiary/aromatic N) is 1. The second-order valence-corrected chi connectivity index (χ2v) is 26.3. The maximum Gasteiger partial charge on any atom is 0.347 e. The number of hydrogen-bond acceptors (Lipinski definition) is 13. The van der Waals surface area contributed by atoms with Gasteiger partial charge < -0.3 is 28.8 Å². The van der Waals surface area contributed by atoms with Gasteiger partial charge in [0.1, 0.15) is 11.2 Å². The molecule has 9 saturated carbocycles. The summed E-state index contributed by atoms with van der Waals surface area (Å²) in [5.41, 5.74) is -2.90. The molecule has 80 heavy (non-hydrogen) atoms. The van der Waals surface area contributed by atoms with E-state index in [1.54, 1.807) is 27.7 Å². The van der Waals surface area contributed by atoms with Gasteiger partial charge >= 0.3 is 29.8 Å². The van der Waals surface area contributed by atoms with Crippen LogP contribution in [0.4, 0.5) is 0 Å². The lowest BCUT2D eigenvalue weighted by molar-refractivity contribution is -0.225. The number of hydrogen-bond donors (Lipinski definition) is 1. The number of amides is 2. The standard InChI is InChI=1S/C18H30O2.C16H26O3.C14H21NO4.C10H16O4.8CH4/c1-5-17(3,4)16(19)20-18(6-2)14-8-12-7-13(10-14)11-15(18)9-12;1-4-14(2,3)13(17)19-16-8-11-5-12(9-16)7-15(18,6-11)10-16;1-4-14(2,3)13(18)19-8-11(16)15-10-7-5-6-9(10)12(15)17;1-4-10(2,3)9(12)14-7-5-6-13-8(7)11;;;;;;;;/h12-15H,5-11H2,1-4H3;11-12,18H,4-10H2,1-3H3;9-10H,4-8H2,1-3H3;7H,4-6H2,1-3H3;8*1H4. The van der Waals surface area contributed by atoms with E-state index in [9.17, 15) is 38.7 Å². The third kappa shape index (κ3) is 17.3. The third-order valence-electron chi connectivity index (χ3n) is 19.5. The van der Waals surface area contributed by atoms with Crippen molar-refractivity contribution >= 4 is 41.7 Å². The Kier molecular flexibility index (Phi) is 31.1. The number of esters is 5. The number of aliphatic hydroxyl groups is 1. The van der Waals surface area contributed by atoms with Gasteiger partial charge in [0.25, 0.3) is 5.91 Å². The fourth-order valence-corrected chi connectivity index (χ4v) is 13.6. The molecule has 0 spiro atoms. The Bertz CT molecular complexity index is 1980. The number of imide groups is 1. The lowest BCUT2D eigenvalue weighted by Gasteiger charge is -2.60. The highest BCUT2D eigenvalue weighted by Gasteiger charge is 2.61. The van der Waals surface area contributed by atoms with Crippen molar-refractivity contribution in [3.63, 3.8) is 0 Å². The molecule has 11 aliphatic rings. The first-order valence-electron chi connectivity index (χ1n) is 28.1. The SMILES string of the molecule is C.C.C.C.C.C.C.C.CCC(C)(C)C(=O)OC1(CC)C2CC3CC(C2)CC1C3.CCC(C)(C)C(=O)OC12CC3CC(CC(O)(C3)C1)C2.CCC(C)(C)C(=O)OC1CCOC1=O.CCC(C)(C)C(=O)OCC(=O)N1C(=O)C2CCCC21. The second kappa shape index (κ2) is 30.8. The molecular formula is C66H125NO13. The first-order chi connectivity index (χ1) is 33.5. The Balaban J connectivity index is -0.000000963. The zero-order valence-corrected chi connectivity index (χ0v) is 46.5. The monoisotopic (exact) mass is 1140 g/mol. The Hall–Kier alpha value is -3.55. The topological polar surface area (TPSA) is 189 Å². The van der Waals surface area contributed by atoms with Gasteiger partial charge in [-0.05, 0) is 200 Å². The molecule has 9 aliphatic carbocycles. The van der Waals surface area contributed by atoms with Crippen LogP contribution in [0.3, 0.4) is 0 Å². The number of likely N-dealkylation sites (tertiary alicyclic amines) is 1. The van der Waals surface area contributed by atoms with E-state index >= 15 is 0 Å². The molecule has 14 heteroatoms. The summed E-state index contributed by atoms with van der Waals surface area (Å²) in [5.74, 6) is 2.61. The second-order valence-electron chi connectivity index (χ2n) is 26.3. The Labute approximate surface area is 490 Å². The van der Waals surface area contributed by atoms with Gasteiger partial charge in [0.2, 0.25) is 12.0 Å². The summed E-state index contributed by atoms with van der Waals surface area (Å²) in [4.78, 5) is 84.3. The summed E-state index contributed by atoms with van der Waals surface area (Å²) in [6, 6.07) is 0.0536. The highest BCUT2D eigenvalue weighted by atomic mass is 16.6. The van der Waals surface area contributed by atoms with Crippen molar-refractivity contribution in [1.29, 1.82) is 0 Å². The zero-order chi connectivity index (χ0) is 53.4. The van der Waals surface area contributed by atoms with Crippen LogP contribution in [0.15, 0.2) is 0 Å². The van der Waals surface area contributed by atoms with Crippen LogP contribution in [-0.4, -0.2) is 93.8 Å². The van der Waals surface area contributed by atoms with Crippen molar-refractivity contribution in [1.82, 2.24) is 4.90 Å². The fourth-order valence-electron chi connectivity index (χ4n) is 13.6. The van der Waals surface area contributed by atoms with Crippen molar-refractivity contribution in [2.45, 2.75) is 307 Å². The predicted molar refractivity (Wildman–Crippen MR) is 324 cm³/mol. The Morgan fingerprint density at radius 3 is 1.44 bits per heavy atom. The van der Waals surface area contributed by atoms with Crippen LogP contribution in [0.2, 0.25) is 0 Å². The zero-order valence-electron chi connectivity index (χ0n) is 46.5. The highest BCUT2D eigenvalue weighted by Crippen LogP contribution is 2.62. The van der Waals surface area contributed by atoms with Crippen molar-refractivity contribution in [2.75, 3.05) is 13.2 Å². The van der Waals surface area contributed by atoms with E-state index in [1.165, 1.54) is 43.4 Å². The number of cyclic esters (lactones) is 1. The molecule has 11 rings (SSSR count). The highest BCUT2D eigenvalue weighted by molar-refractivity contribution is 6.03. The minimum Gasteiger partial charge on any atom is -0.463 e. The molecule has 8 bridgehead atoms. The molecule has 0 radical (unpaired) electrons. The lowest BCUT2D eigenvalue weighted by Crippen LogP contribution is -2.61. The maximum absolute atomic E-state index is 12.6. The molecule has 14 nitrogen and oxygen atoms in total. The van der Waals surface area contributed by atoms with Crippen LogP contribution in [0.25, 0.3) is 0 Å². The molecule has 2 heterocycles. The Morgan fingerprint density at radius 1 is 0.575 bits per heavy atom. The molecule has 1 N–H and O–H groups in total. The lowest BCUT2D eigenvalue weighted by atomic mass is 9.49. The van der Waals surface area contributed by atoms with Crippen LogP contribution in [-0.2, 0) is 57.2 Å². The van der Waals surface area contributed by atoms with Crippen molar-refractivity contribution in [3.8, 4) is 0 Å². The van der Waals surface area contributed by atoms with E-state index in [0.29, 0.717) is 56.0 Å². The number of β-lactam (4-membered cyclic amide) rings is 1.